The van der Waals surface area contributed by atoms with Crippen molar-refractivity contribution >= 4 is 34.7 Å². The molecular weight excluding hydrogens is 304 g/mol. The molecule has 110 valence electrons. The van der Waals surface area contributed by atoms with E-state index in [1.54, 1.807) is 0 Å². The first-order valence-corrected chi connectivity index (χ1v) is 8.18. The monoisotopic (exact) mass is 320 g/mol. The Balaban J connectivity index is 1.84. The molecule has 1 aromatic carbocycles. The molecule has 5 nitrogen and oxygen atoms in total. The lowest BCUT2D eigenvalue weighted by atomic mass is 10.1. The molecular formula is C14H16N4OS2. The highest BCUT2D eigenvalue weighted by Gasteiger charge is 2.06. The minimum absolute atomic E-state index is 0.153. The number of carbonyl (C=O) groups is 1. The van der Waals surface area contributed by atoms with E-state index >= 15 is 0 Å². The normalized spacial score (nSPS) is 11.5. The molecule has 1 N–H and O–H groups in total. The van der Waals surface area contributed by atoms with Gasteiger partial charge in [-0.15, -0.1) is 10.2 Å². The van der Waals surface area contributed by atoms with E-state index in [9.17, 15) is 4.79 Å². The number of rotatable bonds is 5. The van der Waals surface area contributed by atoms with Gasteiger partial charge in [-0.1, -0.05) is 52.9 Å². The molecule has 0 aliphatic carbocycles. The third kappa shape index (κ3) is 4.95. The predicted octanol–water partition coefficient (Wildman–Crippen LogP) is 2.79. The third-order valence-electron chi connectivity index (χ3n) is 2.65. The van der Waals surface area contributed by atoms with Crippen molar-refractivity contribution in [3.8, 4) is 0 Å². The minimum atomic E-state index is -0.153. The molecule has 21 heavy (non-hydrogen) atoms. The molecule has 0 unspecified atom stereocenters. The molecule has 7 heteroatoms. The van der Waals surface area contributed by atoms with Gasteiger partial charge in [0.05, 0.1) is 11.5 Å². The van der Waals surface area contributed by atoms with Crippen LogP contribution in [0.2, 0.25) is 0 Å². The number of hydrogen-bond acceptors (Lipinski definition) is 6. The van der Waals surface area contributed by atoms with Gasteiger partial charge in [0.1, 0.15) is 5.01 Å². The molecule has 0 fully saturated rings. The van der Waals surface area contributed by atoms with Crippen LogP contribution in [0.3, 0.4) is 0 Å². The number of thioether (sulfide) groups is 1. The first-order chi connectivity index (χ1) is 10.0. The molecule has 2 rings (SSSR count). The maximum atomic E-state index is 11.7. The summed E-state index contributed by atoms with van der Waals surface area (Å²) in [6, 6.07) is 8.01. The van der Waals surface area contributed by atoms with E-state index in [1.807, 2.05) is 45.0 Å². The second-order valence-electron chi connectivity index (χ2n) is 4.47. The van der Waals surface area contributed by atoms with Crippen molar-refractivity contribution in [1.82, 2.24) is 15.6 Å². The van der Waals surface area contributed by atoms with Crippen LogP contribution in [-0.4, -0.2) is 27.6 Å². The van der Waals surface area contributed by atoms with Gasteiger partial charge in [-0.2, -0.15) is 5.10 Å². The van der Waals surface area contributed by atoms with Crippen LogP contribution in [0.4, 0.5) is 0 Å². The topological polar surface area (TPSA) is 67.2 Å². The molecule has 0 bridgehead atoms. The summed E-state index contributed by atoms with van der Waals surface area (Å²) >= 11 is 2.84. The standard InChI is InChI=1S/C14H16N4OS2/c1-9-4-6-12(7-5-9)10(2)15-17-13(19)8-20-14-18-16-11(3)21-14/h4-7H,8H2,1-3H3,(H,17,19)/b15-10-. The van der Waals surface area contributed by atoms with Gasteiger partial charge in [0.25, 0.3) is 5.91 Å². The molecule has 2 aromatic rings. The number of nitrogens with one attached hydrogen (secondary N) is 1. The van der Waals surface area contributed by atoms with Crippen LogP contribution in [0, 0.1) is 13.8 Å². The Hall–Kier alpha value is -1.73. The molecule has 1 aromatic heterocycles. The Labute approximate surface area is 131 Å². The number of benzene rings is 1. The lowest BCUT2D eigenvalue weighted by Gasteiger charge is -2.02. The zero-order valence-corrected chi connectivity index (χ0v) is 13.7. The molecule has 0 atom stereocenters. The van der Waals surface area contributed by atoms with Crippen molar-refractivity contribution in [1.29, 1.82) is 0 Å². The molecule has 1 amide bonds. The SMILES string of the molecule is C/C(=N/NC(=O)CSc1nnc(C)s1)c1ccc(C)cc1. The maximum Gasteiger partial charge on any atom is 0.250 e. The van der Waals surface area contributed by atoms with Gasteiger partial charge in [-0.05, 0) is 26.3 Å². The zero-order chi connectivity index (χ0) is 15.2. The van der Waals surface area contributed by atoms with E-state index < -0.39 is 0 Å². The van der Waals surface area contributed by atoms with Crippen LogP contribution < -0.4 is 5.43 Å². The summed E-state index contributed by atoms with van der Waals surface area (Å²) in [5, 5.41) is 12.9. The fourth-order valence-corrected chi connectivity index (χ4v) is 3.11. The van der Waals surface area contributed by atoms with Crippen LogP contribution in [0.15, 0.2) is 33.7 Å². The second kappa shape index (κ2) is 7.33. The summed E-state index contributed by atoms with van der Waals surface area (Å²) in [6.45, 7) is 5.79. The van der Waals surface area contributed by atoms with Gasteiger partial charge < -0.3 is 0 Å². The average Bonchev–Trinajstić information content (AvgIpc) is 2.89. The minimum Gasteiger partial charge on any atom is -0.272 e. The van der Waals surface area contributed by atoms with Gasteiger partial charge in [0.15, 0.2) is 4.34 Å². The molecule has 0 aliphatic rings. The number of nitrogens with zero attached hydrogens (tertiary/aromatic N) is 3. The Morgan fingerprint density at radius 3 is 2.62 bits per heavy atom. The van der Waals surface area contributed by atoms with E-state index in [2.05, 4.69) is 20.7 Å². The number of carbonyl (C=O) groups excluding carboxylic acids is 1. The predicted molar refractivity (Wildman–Crippen MR) is 86.9 cm³/mol. The van der Waals surface area contributed by atoms with Crippen LogP contribution in [0.5, 0.6) is 0 Å². The summed E-state index contributed by atoms with van der Waals surface area (Å²) in [5.74, 6) is 0.124. The first-order valence-electron chi connectivity index (χ1n) is 6.37. The van der Waals surface area contributed by atoms with Crippen molar-refractivity contribution in [2.45, 2.75) is 25.1 Å². The lowest BCUT2D eigenvalue weighted by molar-refractivity contribution is -0.118. The highest BCUT2D eigenvalue weighted by molar-refractivity contribution is 8.01. The molecule has 0 saturated heterocycles. The van der Waals surface area contributed by atoms with Gasteiger partial charge in [-0.3, -0.25) is 4.79 Å². The lowest BCUT2D eigenvalue weighted by Crippen LogP contribution is -2.21. The van der Waals surface area contributed by atoms with Crippen molar-refractivity contribution in [2.75, 3.05) is 5.75 Å². The molecule has 0 aliphatic heterocycles. The van der Waals surface area contributed by atoms with E-state index in [0.717, 1.165) is 20.6 Å². The van der Waals surface area contributed by atoms with Crippen LogP contribution in [0.25, 0.3) is 0 Å². The summed E-state index contributed by atoms with van der Waals surface area (Å²) in [7, 11) is 0. The second-order valence-corrected chi connectivity index (χ2v) is 6.88. The summed E-state index contributed by atoms with van der Waals surface area (Å²) < 4.78 is 0.793. The summed E-state index contributed by atoms with van der Waals surface area (Å²) in [5.41, 5.74) is 5.52. The van der Waals surface area contributed by atoms with Crippen molar-refractivity contribution in [3.05, 3.63) is 40.4 Å². The number of hydrogen-bond donors (Lipinski definition) is 1. The van der Waals surface area contributed by atoms with Crippen LogP contribution in [-0.2, 0) is 4.79 Å². The number of hydrazone groups is 1. The Kier molecular flexibility index (Phi) is 5.46. The average molecular weight is 320 g/mol. The molecule has 0 saturated carbocycles. The van der Waals surface area contributed by atoms with Crippen molar-refractivity contribution in [2.24, 2.45) is 5.10 Å². The number of aryl methyl sites for hydroxylation is 2. The van der Waals surface area contributed by atoms with E-state index in [1.165, 1.54) is 28.7 Å². The highest BCUT2D eigenvalue weighted by atomic mass is 32.2. The highest BCUT2D eigenvalue weighted by Crippen LogP contribution is 2.21. The van der Waals surface area contributed by atoms with Gasteiger partial charge >= 0.3 is 0 Å². The first kappa shape index (κ1) is 15.7. The fourth-order valence-electron chi connectivity index (χ4n) is 1.50. The van der Waals surface area contributed by atoms with Gasteiger partial charge in [0, 0.05) is 0 Å². The van der Waals surface area contributed by atoms with Crippen molar-refractivity contribution < 1.29 is 4.79 Å². The van der Waals surface area contributed by atoms with E-state index in [4.69, 9.17) is 0 Å². The van der Waals surface area contributed by atoms with E-state index in [-0.39, 0.29) is 11.7 Å². The summed E-state index contributed by atoms with van der Waals surface area (Å²) in [4.78, 5) is 11.7. The third-order valence-corrected chi connectivity index (χ3v) is 4.62. The van der Waals surface area contributed by atoms with Gasteiger partial charge in [-0.25, -0.2) is 5.43 Å². The van der Waals surface area contributed by atoms with Crippen LogP contribution >= 0.6 is 23.1 Å². The maximum absolute atomic E-state index is 11.7. The van der Waals surface area contributed by atoms with Crippen LogP contribution in [0.1, 0.15) is 23.1 Å². The van der Waals surface area contributed by atoms with E-state index in [0.29, 0.717) is 0 Å². The quantitative estimate of drug-likeness (QED) is 0.522. The Morgan fingerprint density at radius 1 is 1.29 bits per heavy atom. The molecule has 0 spiro atoms. The number of amides is 1. The van der Waals surface area contributed by atoms with Gasteiger partial charge in [0.2, 0.25) is 0 Å². The summed E-state index contributed by atoms with van der Waals surface area (Å²) in [6.07, 6.45) is 0. The van der Waals surface area contributed by atoms with Crippen molar-refractivity contribution in [3.63, 3.8) is 0 Å². The molecule has 1 heterocycles. The molecule has 0 radical (unpaired) electrons. The Bertz CT molecular complexity index is 649. The fraction of sp³-hybridized carbons (Fsp3) is 0.286. The zero-order valence-electron chi connectivity index (χ0n) is 12.1. The smallest absolute Gasteiger partial charge is 0.250 e. The Morgan fingerprint density at radius 2 is 2.00 bits per heavy atom. The largest absolute Gasteiger partial charge is 0.272 e. The number of aromatic nitrogens is 2.